The smallest absolute Gasteiger partial charge is 0.261 e. The summed E-state index contributed by atoms with van der Waals surface area (Å²) in [5.74, 6) is 0. The van der Waals surface area contributed by atoms with Crippen LogP contribution < -0.4 is 10.5 Å². The van der Waals surface area contributed by atoms with Crippen molar-refractivity contribution in [1.82, 2.24) is 4.98 Å². The Balaban J connectivity index is 1.54. The van der Waals surface area contributed by atoms with Crippen molar-refractivity contribution in [2.24, 2.45) is 0 Å². The zero-order valence-electron chi connectivity index (χ0n) is 14.7. The molecule has 0 fully saturated rings. The first-order valence-electron chi connectivity index (χ1n) is 8.51. The van der Waals surface area contributed by atoms with E-state index in [4.69, 9.17) is 5.73 Å². The average molecular weight is 408 g/mol. The van der Waals surface area contributed by atoms with Gasteiger partial charge in [0.25, 0.3) is 10.0 Å². The molecule has 4 rings (SSSR count). The lowest BCUT2D eigenvalue weighted by Crippen LogP contribution is -2.13. The summed E-state index contributed by atoms with van der Waals surface area (Å²) >= 11 is 1.58. The summed E-state index contributed by atoms with van der Waals surface area (Å²) < 4.78 is 27.6. The van der Waals surface area contributed by atoms with Gasteiger partial charge in [0, 0.05) is 27.9 Å². The summed E-state index contributed by atoms with van der Waals surface area (Å²) in [6.07, 6.45) is 0. The van der Waals surface area contributed by atoms with Gasteiger partial charge in [-0.05, 0) is 30.3 Å². The maximum atomic E-state index is 12.5. The van der Waals surface area contributed by atoms with Gasteiger partial charge in [-0.2, -0.15) is 0 Å². The molecule has 0 saturated carbocycles. The highest BCUT2D eigenvalue weighted by atomic mass is 32.2. The lowest BCUT2D eigenvalue weighted by Gasteiger charge is -2.09. The number of rotatable bonds is 5. The Hall–Kier alpha value is -3.16. The van der Waals surface area contributed by atoms with E-state index in [0.29, 0.717) is 11.4 Å². The minimum Gasteiger partial charge on any atom is -0.399 e. The van der Waals surface area contributed by atoms with E-state index in [-0.39, 0.29) is 4.90 Å². The van der Waals surface area contributed by atoms with Gasteiger partial charge in [0.1, 0.15) is 5.01 Å². The first-order valence-corrected chi connectivity index (χ1v) is 10.9. The first-order chi connectivity index (χ1) is 13.5. The van der Waals surface area contributed by atoms with Gasteiger partial charge in [0.2, 0.25) is 0 Å². The predicted octanol–water partition coefficient (Wildman–Crippen LogP) is 4.86. The molecule has 0 radical (unpaired) electrons. The minimum atomic E-state index is -3.69. The van der Waals surface area contributed by atoms with Gasteiger partial charge in [-0.25, -0.2) is 13.4 Å². The Morgan fingerprint density at radius 1 is 0.857 bits per heavy atom. The summed E-state index contributed by atoms with van der Waals surface area (Å²) in [6.45, 7) is 0. The van der Waals surface area contributed by atoms with E-state index >= 15 is 0 Å². The number of nitrogens with two attached hydrogens (primary N) is 1. The first kappa shape index (κ1) is 18.2. The Morgan fingerprint density at radius 3 is 2.32 bits per heavy atom. The van der Waals surface area contributed by atoms with Crippen molar-refractivity contribution in [3.05, 3.63) is 84.2 Å². The lowest BCUT2D eigenvalue weighted by atomic mass is 10.1. The standard InChI is InChI=1S/C21H17N3O2S2/c22-17-7-4-8-19(13-17)28(25,26)24-18-11-9-15(10-12-18)20-14-27-21(23-20)16-5-2-1-3-6-16/h1-14,24H,22H2. The van der Waals surface area contributed by atoms with E-state index < -0.39 is 10.0 Å². The minimum absolute atomic E-state index is 0.128. The molecule has 0 aliphatic carbocycles. The number of nitrogen functional groups attached to an aromatic ring is 1. The fraction of sp³-hybridized carbons (Fsp3) is 0. The van der Waals surface area contributed by atoms with Crippen LogP contribution in [0, 0.1) is 0 Å². The summed E-state index contributed by atoms with van der Waals surface area (Å²) in [6, 6.07) is 23.3. The zero-order chi connectivity index (χ0) is 19.6. The average Bonchev–Trinajstić information content (AvgIpc) is 3.19. The second kappa shape index (κ2) is 7.46. The molecular formula is C21H17N3O2S2. The van der Waals surface area contributed by atoms with Crippen molar-refractivity contribution in [2.75, 3.05) is 10.5 Å². The molecule has 0 unspecified atom stereocenters. The molecule has 1 heterocycles. The Morgan fingerprint density at radius 2 is 1.61 bits per heavy atom. The molecule has 5 nitrogen and oxygen atoms in total. The summed E-state index contributed by atoms with van der Waals surface area (Å²) in [5.41, 5.74) is 9.41. The van der Waals surface area contributed by atoms with Crippen molar-refractivity contribution in [3.8, 4) is 21.8 Å². The van der Waals surface area contributed by atoms with Crippen LogP contribution in [0.5, 0.6) is 0 Å². The quantitative estimate of drug-likeness (QED) is 0.463. The topological polar surface area (TPSA) is 85.1 Å². The lowest BCUT2D eigenvalue weighted by molar-refractivity contribution is 0.601. The normalized spacial score (nSPS) is 11.3. The second-order valence-corrected chi connectivity index (χ2v) is 8.70. The zero-order valence-corrected chi connectivity index (χ0v) is 16.4. The largest absolute Gasteiger partial charge is 0.399 e. The van der Waals surface area contributed by atoms with E-state index in [1.807, 2.05) is 47.8 Å². The fourth-order valence-electron chi connectivity index (χ4n) is 2.72. The molecule has 1 aromatic heterocycles. The van der Waals surface area contributed by atoms with Gasteiger partial charge < -0.3 is 5.73 Å². The van der Waals surface area contributed by atoms with Crippen LogP contribution in [0.25, 0.3) is 21.8 Å². The van der Waals surface area contributed by atoms with Gasteiger partial charge in [-0.1, -0.05) is 48.5 Å². The summed E-state index contributed by atoms with van der Waals surface area (Å²) in [5, 5.41) is 2.94. The highest BCUT2D eigenvalue weighted by Crippen LogP contribution is 2.29. The summed E-state index contributed by atoms with van der Waals surface area (Å²) in [4.78, 5) is 4.81. The Labute approximate surface area is 167 Å². The van der Waals surface area contributed by atoms with Crippen molar-refractivity contribution in [2.45, 2.75) is 4.90 Å². The molecule has 140 valence electrons. The summed E-state index contributed by atoms with van der Waals surface area (Å²) in [7, 11) is -3.69. The highest BCUT2D eigenvalue weighted by molar-refractivity contribution is 7.92. The molecule has 0 aliphatic rings. The number of nitrogens with one attached hydrogen (secondary N) is 1. The van der Waals surface area contributed by atoms with Crippen molar-refractivity contribution >= 4 is 32.7 Å². The molecule has 28 heavy (non-hydrogen) atoms. The maximum absolute atomic E-state index is 12.5. The van der Waals surface area contributed by atoms with E-state index in [0.717, 1.165) is 21.8 Å². The van der Waals surface area contributed by atoms with Crippen LogP contribution in [0.4, 0.5) is 11.4 Å². The molecule has 4 aromatic rings. The van der Waals surface area contributed by atoms with Gasteiger partial charge in [-0.3, -0.25) is 4.72 Å². The number of anilines is 2. The van der Waals surface area contributed by atoms with Crippen molar-refractivity contribution in [1.29, 1.82) is 0 Å². The third-order valence-corrected chi connectivity index (χ3v) is 6.40. The van der Waals surface area contributed by atoms with Gasteiger partial charge in [0.05, 0.1) is 10.6 Å². The van der Waals surface area contributed by atoms with Crippen LogP contribution in [0.2, 0.25) is 0 Å². The fourth-order valence-corrected chi connectivity index (χ4v) is 4.67. The maximum Gasteiger partial charge on any atom is 0.261 e. The molecule has 7 heteroatoms. The van der Waals surface area contributed by atoms with Crippen molar-refractivity contribution in [3.63, 3.8) is 0 Å². The van der Waals surface area contributed by atoms with Crippen LogP contribution in [0.1, 0.15) is 0 Å². The number of hydrogen-bond donors (Lipinski definition) is 2. The number of nitrogens with zero attached hydrogens (tertiary/aromatic N) is 1. The number of sulfonamides is 1. The molecular weight excluding hydrogens is 390 g/mol. The van der Waals surface area contributed by atoms with Gasteiger partial charge in [0.15, 0.2) is 0 Å². The second-order valence-electron chi connectivity index (χ2n) is 6.16. The molecule has 0 atom stereocenters. The van der Waals surface area contributed by atoms with Crippen LogP contribution in [0.15, 0.2) is 89.1 Å². The molecule has 3 aromatic carbocycles. The highest BCUT2D eigenvalue weighted by Gasteiger charge is 2.14. The third-order valence-electron chi connectivity index (χ3n) is 4.13. The van der Waals surface area contributed by atoms with Gasteiger partial charge >= 0.3 is 0 Å². The van der Waals surface area contributed by atoms with Crippen LogP contribution >= 0.6 is 11.3 Å². The number of benzene rings is 3. The van der Waals surface area contributed by atoms with E-state index in [1.165, 1.54) is 12.1 Å². The molecule has 0 spiro atoms. The molecule has 0 saturated heterocycles. The Kier molecular flexibility index (Phi) is 4.85. The van der Waals surface area contributed by atoms with Gasteiger partial charge in [-0.15, -0.1) is 11.3 Å². The monoisotopic (exact) mass is 407 g/mol. The molecule has 0 aliphatic heterocycles. The van der Waals surface area contributed by atoms with Crippen LogP contribution in [0.3, 0.4) is 0 Å². The number of hydrogen-bond acceptors (Lipinski definition) is 5. The SMILES string of the molecule is Nc1cccc(S(=O)(=O)Nc2ccc(-c3csc(-c4ccccc4)n3)cc2)c1. The molecule has 0 bridgehead atoms. The number of aromatic nitrogens is 1. The van der Waals surface area contributed by atoms with E-state index in [9.17, 15) is 8.42 Å². The van der Waals surface area contributed by atoms with Crippen molar-refractivity contribution < 1.29 is 8.42 Å². The molecule has 3 N–H and O–H groups in total. The number of thiazole rings is 1. The predicted molar refractivity (Wildman–Crippen MR) is 115 cm³/mol. The molecule has 0 amide bonds. The van der Waals surface area contributed by atoms with E-state index in [1.54, 1.807) is 35.6 Å². The third kappa shape index (κ3) is 3.90. The van der Waals surface area contributed by atoms with Crippen LogP contribution in [-0.4, -0.2) is 13.4 Å². The Bertz CT molecular complexity index is 1200. The van der Waals surface area contributed by atoms with Crippen LogP contribution in [-0.2, 0) is 10.0 Å². The van der Waals surface area contributed by atoms with E-state index in [2.05, 4.69) is 9.71 Å².